The summed E-state index contributed by atoms with van der Waals surface area (Å²) in [6, 6.07) is 2.58. The molecule has 3 rings (SSSR count). The molecule has 0 radical (unpaired) electrons. The summed E-state index contributed by atoms with van der Waals surface area (Å²) < 4.78 is 0. The third kappa shape index (κ3) is 2.34. The van der Waals surface area contributed by atoms with E-state index in [0.29, 0.717) is 0 Å². The van der Waals surface area contributed by atoms with E-state index in [-0.39, 0.29) is 0 Å². The highest BCUT2D eigenvalue weighted by atomic mass is 32.2. The van der Waals surface area contributed by atoms with Gasteiger partial charge in [0.25, 0.3) is 0 Å². The van der Waals surface area contributed by atoms with Crippen LogP contribution in [0.3, 0.4) is 0 Å². The fourth-order valence-corrected chi connectivity index (χ4v) is 4.54. The van der Waals surface area contributed by atoms with Gasteiger partial charge in [-0.15, -0.1) is 0 Å². The Hall–Kier alpha value is 0.270. The van der Waals surface area contributed by atoms with Crippen molar-refractivity contribution < 1.29 is 0 Å². The summed E-state index contributed by atoms with van der Waals surface area (Å²) in [7, 11) is 0. The molecule has 0 aromatic carbocycles. The van der Waals surface area contributed by atoms with Gasteiger partial charge in [0.15, 0.2) is 0 Å². The first-order valence-electron chi connectivity index (χ1n) is 6.49. The van der Waals surface area contributed by atoms with E-state index in [1.807, 2.05) is 0 Å². The zero-order valence-corrected chi connectivity index (χ0v) is 10.3. The molecule has 2 nitrogen and oxygen atoms in total. The molecule has 3 saturated heterocycles. The molecule has 0 aromatic heterocycles. The molecule has 3 heteroatoms. The van der Waals surface area contributed by atoms with Gasteiger partial charge in [0.05, 0.1) is 0 Å². The number of nitrogens with zero attached hydrogens (tertiary/aromatic N) is 1. The number of nitrogens with one attached hydrogen (secondary N) is 1. The molecular weight excluding hydrogens is 204 g/mol. The first-order chi connectivity index (χ1) is 7.42. The molecule has 3 unspecified atom stereocenters. The lowest BCUT2D eigenvalue weighted by Crippen LogP contribution is -2.48. The van der Waals surface area contributed by atoms with Gasteiger partial charge in [-0.25, -0.2) is 0 Å². The van der Waals surface area contributed by atoms with E-state index in [1.165, 1.54) is 56.7 Å². The van der Waals surface area contributed by atoms with Crippen molar-refractivity contribution in [3.8, 4) is 0 Å². The van der Waals surface area contributed by atoms with Crippen molar-refractivity contribution in [3.05, 3.63) is 0 Å². The van der Waals surface area contributed by atoms with Crippen LogP contribution in [0.1, 0.15) is 32.1 Å². The fourth-order valence-electron chi connectivity index (χ4n) is 3.38. The largest absolute Gasteiger partial charge is 0.310 e. The maximum atomic E-state index is 3.88. The quantitative estimate of drug-likeness (QED) is 0.772. The summed E-state index contributed by atoms with van der Waals surface area (Å²) in [6.07, 6.45) is 7.10. The van der Waals surface area contributed by atoms with Gasteiger partial charge >= 0.3 is 0 Å². The minimum atomic E-state index is 0.827. The lowest BCUT2D eigenvalue weighted by molar-refractivity contribution is 0.162. The van der Waals surface area contributed by atoms with Crippen LogP contribution in [0.2, 0.25) is 0 Å². The monoisotopic (exact) mass is 226 g/mol. The molecular formula is C12H22N2S. The highest BCUT2D eigenvalue weighted by Crippen LogP contribution is 2.28. The Bertz CT molecular complexity index is 214. The molecule has 0 bridgehead atoms. The van der Waals surface area contributed by atoms with Crippen LogP contribution in [-0.4, -0.2) is 47.6 Å². The van der Waals surface area contributed by atoms with Crippen LogP contribution in [0, 0.1) is 0 Å². The molecule has 3 atom stereocenters. The number of piperidine rings is 1. The average Bonchev–Trinajstić information content (AvgIpc) is 2.87. The Morgan fingerprint density at radius 1 is 1.07 bits per heavy atom. The highest BCUT2D eigenvalue weighted by molar-refractivity contribution is 7.99. The van der Waals surface area contributed by atoms with E-state index in [1.54, 1.807) is 0 Å². The van der Waals surface area contributed by atoms with Gasteiger partial charge in [0.1, 0.15) is 0 Å². The lowest BCUT2D eigenvalue weighted by atomic mass is 9.97. The minimum Gasteiger partial charge on any atom is -0.310 e. The van der Waals surface area contributed by atoms with E-state index in [2.05, 4.69) is 22.0 Å². The second-order valence-electron chi connectivity index (χ2n) is 5.28. The van der Waals surface area contributed by atoms with Gasteiger partial charge in [-0.3, -0.25) is 0 Å². The average molecular weight is 226 g/mol. The van der Waals surface area contributed by atoms with Crippen LogP contribution in [-0.2, 0) is 0 Å². The zero-order valence-electron chi connectivity index (χ0n) is 9.45. The molecule has 3 heterocycles. The highest BCUT2D eigenvalue weighted by Gasteiger charge is 2.32. The van der Waals surface area contributed by atoms with Gasteiger partial charge in [-0.2, -0.15) is 11.8 Å². The van der Waals surface area contributed by atoms with Gasteiger partial charge < -0.3 is 10.2 Å². The third-order valence-electron chi connectivity index (χ3n) is 4.22. The van der Waals surface area contributed by atoms with Crippen LogP contribution in [0.5, 0.6) is 0 Å². The predicted octanol–water partition coefficient (Wildman–Crippen LogP) is 1.71. The van der Waals surface area contributed by atoms with Gasteiger partial charge in [-0.1, -0.05) is 0 Å². The standard InChI is InChI=1S/C12H22N2S/c1-2-12-8-10(3-6-14(12)5-1)13-11-4-7-15-9-11/h10-13H,1-9H2. The molecule has 3 fully saturated rings. The Labute approximate surface area is 97.2 Å². The SMILES string of the molecule is C1CC2CC(NC3CCSC3)CCN2C1. The van der Waals surface area contributed by atoms with Gasteiger partial charge in [-0.05, 0) is 50.9 Å². The zero-order chi connectivity index (χ0) is 10.1. The Morgan fingerprint density at radius 3 is 2.93 bits per heavy atom. The summed E-state index contributed by atoms with van der Waals surface area (Å²) in [5, 5.41) is 3.88. The van der Waals surface area contributed by atoms with Crippen LogP contribution in [0.25, 0.3) is 0 Å². The number of hydrogen-bond donors (Lipinski definition) is 1. The summed E-state index contributed by atoms with van der Waals surface area (Å²) in [4.78, 5) is 2.71. The second kappa shape index (κ2) is 4.64. The maximum absolute atomic E-state index is 3.88. The molecule has 3 aliphatic heterocycles. The number of thioether (sulfide) groups is 1. The van der Waals surface area contributed by atoms with Crippen LogP contribution in [0.15, 0.2) is 0 Å². The summed E-state index contributed by atoms with van der Waals surface area (Å²) >= 11 is 2.12. The van der Waals surface area contributed by atoms with Crippen molar-refractivity contribution in [2.45, 2.75) is 50.2 Å². The number of fused-ring (bicyclic) bond motifs is 1. The van der Waals surface area contributed by atoms with E-state index in [4.69, 9.17) is 0 Å². The van der Waals surface area contributed by atoms with Gasteiger partial charge in [0, 0.05) is 23.9 Å². The maximum Gasteiger partial charge on any atom is 0.0168 e. The third-order valence-corrected chi connectivity index (χ3v) is 5.38. The predicted molar refractivity (Wildman–Crippen MR) is 66.5 cm³/mol. The van der Waals surface area contributed by atoms with E-state index >= 15 is 0 Å². The van der Waals surface area contributed by atoms with Crippen LogP contribution < -0.4 is 5.32 Å². The van der Waals surface area contributed by atoms with Crippen molar-refractivity contribution >= 4 is 11.8 Å². The van der Waals surface area contributed by atoms with Crippen molar-refractivity contribution in [1.82, 2.24) is 10.2 Å². The molecule has 15 heavy (non-hydrogen) atoms. The molecule has 0 aromatic rings. The first-order valence-corrected chi connectivity index (χ1v) is 7.65. The van der Waals surface area contributed by atoms with Crippen molar-refractivity contribution in [2.24, 2.45) is 0 Å². The molecule has 1 N–H and O–H groups in total. The van der Waals surface area contributed by atoms with Gasteiger partial charge in [0.2, 0.25) is 0 Å². The Balaban J connectivity index is 1.50. The summed E-state index contributed by atoms with van der Waals surface area (Å²) in [6.45, 7) is 2.72. The summed E-state index contributed by atoms with van der Waals surface area (Å²) in [5.74, 6) is 2.73. The Kier molecular flexibility index (Phi) is 3.23. The molecule has 0 amide bonds. The van der Waals surface area contributed by atoms with Crippen molar-refractivity contribution in [3.63, 3.8) is 0 Å². The first kappa shape index (κ1) is 10.4. The lowest BCUT2D eigenvalue weighted by Gasteiger charge is -2.36. The van der Waals surface area contributed by atoms with Crippen molar-refractivity contribution in [2.75, 3.05) is 24.6 Å². The van der Waals surface area contributed by atoms with Crippen LogP contribution in [0.4, 0.5) is 0 Å². The minimum absolute atomic E-state index is 0.827. The van der Waals surface area contributed by atoms with E-state index in [0.717, 1.165) is 18.1 Å². The molecule has 3 aliphatic rings. The van der Waals surface area contributed by atoms with Crippen LogP contribution >= 0.6 is 11.8 Å². The molecule has 0 saturated carbocycles. The smallest absolute Gasteiger partial charge is 0.0168 e. The second-order valence-corrected chi connectivity index (χ2v) is 6.43. The summed E-state index contributed by atoms with van der Waals surface area (Å²) in [5.41, 5.74) is 0. The van der Waals surface area contributed by atoms with E-state index < -0.39 is 0 Å². The molecule has 0 spiro atoms. The van der Waals surface area contributed by atoms with Crippen molar-refractivity contribution in [1.29, 1.82) is 0 Å². The number of hydrogen-bond acceptors (Lipinski definition) is 3. The molecule has 86 valence electrons. The Morgan fingerprint density at radius 2 is 2.07 bits per heavy atom. The normalized spacial score (nSPS) is 42.0. The number of rotatable bonds is 2. The molecule has 0 aliphatic carbocycles. The van der Waals surface area contributed by atoms with E-state index in [9.17, 15) is 0 Å². The topological polar surface area (TPSA) is 15.3 Å². The fraction of sp³-hybridized carbons (Fsp3) is 1.00.